The Balaban J connectivity index is -0.000000252. The molecule has 0 radical (unpaired) electrons. The zero-order valence-electron chi connectivity index (χ0n) is 13.7. The Kier molecular flexibility index (Phi) is 26.0. The summed E-state index contributed by atoms with van der Waals surface area (Å²) in [4.78, 5) is 21.2. The van der Waals surface area contributed by atoms with E-state index in [1.807, 2.05) is 13.8 Å². The van der Waals surface area contributed by atoms with Crippen molar-refractivity contribution in [3.8, 4) is 0 Å². The minimum atomic E-state index is -0.366. The number of ether oxygens (including phenoxy) is 1. The van der Waals surface area contributed by atoms with Crippen molar-refractivity contribution in [2.45, 2.75) is 40.7 Å². The number of esters is 1. The number of aliphatic imine (C=N–C) groups is 3. The normalized spacial score (nSPS) is 7.95. The van der Waals surface area contributed by atoms with Gasteiger partial charge in [0, 0.05) is 0 Å². The Morgan fingerprint density at radius 3 is 1.82 bits per heavy atom. The first-order chi connectivity index (χ1) is 10.3. The van der Waals surface area contributed by atoms with E-state index in [1.54, 1.807) is 6.92 Å². The summed E-state index contributed by atoms with van der Waals surface area (Å²) in [5, 5.41) is 6.65. The van der Waals surface area contributed by atoms with Crippen LogP contribution in [0.15, 0.2) is 15.0 Å². The molecule has 5 nitrogen and oxygen atoms in total. The lowest BCUT2D eigenvalue weighted by atomic mass is 10.2. The van der Waals surface area contributed by atoms with Crippen molar-refractivity contribution in [3.63, 3.8) is 0 Å². The second-order valence-corrected chi connectivity index (χ2v) is 4.90. The van der Waals surface area contributed by atoms with Crippen LogP contribution in [-0.4, -0.2) is 47.2 Å². The van der Waals surface area contributed by atoms with Gasteiger partial charge in [-0.2, -0.15) is 0 Å². The average Bonchev–Trinajstić information content (AvgIpc) is 2.44. The van der Waals surface area contributed by atoms with Gasteiger partial charge in [0.15, 0.2) is 0 Å². The van der Waals surface area contributed by atoms with E-state index in [0.717, 1.165) is 6.54 Å². The fourth-order valence-electron chi connectivity index (χ4n) is 0.629. The molecule has 0 unspecified atom stereocenters. The third kappa shape index (κ3) is 36.4. The predicted octanol–water partition coefficient (Wildman–Crippen LogP) is 3.90. The summed E-state index contributed by atoms with van der Waals surface area (Å²) in [6.07, 6.45) is 0. The highest BCUT2D eigenvalue weighted by Gasteiger charge is 1.95. The molecule has 0 saturated carbocycles. The highest BCUT2D eigenvalue weighted by atomic mass is 32.1. The molecule has 0 aromatic carbocycles. The lowest BCUT2D eigenvalue weighted by molar-refractivity contribution is -0.141. The predicted molar refractivity (Wildman–Crippen MR) is 101 cm³/mol. The van der Waals surface area contributed by atoms with Crippen molar-refractivity contribution in [1.82, 2.24) is 0 Å². The van der Waals surface area contributed by atoms with Gasteiger partial charge in [0.25, 0.3) is 0 Å². The Labute approximate surface area is 149 Å². The Morgan fingerprint density at radius 1 is 1.05 bits per heavy atom. The lowest BCUT2D eigenvalue weighted by Crippen LogP contribution is -2.06. The molecule has 0 aliphatic carbocycles. The summed E-state index contributed by atoms with van der Waals surface area (Å²) in [6, 6.07) is 0.308. The van der Waals surface area contributed by atoms with E-state index in [0.29, 0.717) is 18.6 Å². The quantitative estimate of drug-likeness (QED) is 0.408. The molecule has 0 fully saturated rings. The number of hydrogen-bond donors (Lipinski definition) is 0. The molecule has 0 N–H and O–H groups in total. The van der Waals surface area contributed by atoms with Gasteiger partial charge in [-0.05, 0) is 63.3 Å². The fraction of sp³-hybridized carbons (Fsp3) is 0.714. The van der Waals surface area contributed by atoms with Gasteiger partial charge in [-0.25, -0.2) is 15.0 Å². The summed E-state index contributed by atoms with van der Waals surface area (Å²) >= 11 is 12.9. The first-order valence-electron chi connectivity index (χ1n) is 6.65. The van der Waals surface area contributed by atoms with Gasteiger partial charge >= 0.3 is 5.97 Å². The molecule has 124 valence electrons. The molecular weight excluding hydrogens is 338 g/mol. The van der Waals surface area contributed by atoms with Crippen molar-refractivity contribution in [3.05, 3.63) is 0 Å². The smallest absolute Gasteiger partial charge is 0.328 e. The SMILES string of the molecule is CC(C)CN=C=S.CC(C)N=C=S.CCOC(=O)CN=C=S. The van der Waals surface area contributed by atoms with E-state index >= 15 is 0 Å². The zero-order valence-corrected chi connectivity index (χ0v) is 16.1. The second kappa shape index (κ2) is 22.2. The third-order valence-electron chi connectivity index (χ3n) is 1.41. The topological polar surface area (TPSA) is 63.4 Å². The van der Waals surface area contributed by atoms with Gasteiger partial charge in [0.05, 0.1) is 34.7 Å². The molecule has 0 atom stereocenters. The number of carbonyl (C=O) groups is 1. The van der Waals surface area contributed by atoms with Crippen LogP contribution < -0.4 is 0 Å². The van der Waals surface area contributed by atoms with E-state index in [4.69, 9.17) is 0 Å². The average molecular weight is 362 g/mol. The molecule has 0 rings (SSSR count). The molecule has 0 aromatic rings. The molecule has 22 heavy (non-hydrogen) atoms. The van der Waals surface area contributed by atoms with Crippen LogP contribution >= 0.6 is 36.7 Å². The molecule has 0 spiro atoms. The largest absolute Gasteiger partial charge is 0.465 e. The fourth-order valence-corrected chi connectivity index (χ4v) is 0.979. The maximum absolute atomic E-state index is 10.4. The van der Waals surface area contributed by atoms with Crippen molar-refractivity contribution in [2.24, 2.45) is 20.9 Å². The zero-order chi connectivity index (χ0) is 17.8. The number of carbonyl (C=O) groups excluding carboxylic acids is 1. The highest BCUT2D eigenvalue weighted by Crippen LogP contribution is 1.88. The summed E-state index contributed by atoms with van der Waals surface area (Å²) in [7, 11) is 0. The van der Waals surface area contributed by atoms with E-state index in [9.17, 15) is 4.79 Å². The van der Waals surface area contributed by atoms with E-state index < -0.39 is 0 Å². The maximum Gasteiger partial charge on any atom is 0.328 e. The molecular formula is C14H23N3O2S3. The Morgan fingerprint density at radius 2 is 1.59 bits per heavy atom. The first kappa shape index (κ1) is 25.8. The van der Waals surface area contributed by atoms with Gasteiger partial charge in [-0.3, -0.25) is 4.79 Å². The molecule has 0 aliphatic rings. The minimum absolute atomic E-state index is 0.0165. The molecule has 0 aliphatic heterocycles. The van der Waals surface area contributed by atoms with Crippen molar-refractivity contribution in [1.29, 1.82) is 0 Å². The van der Waals surface area contributed by atoms with Crippen molar-refractivity contribution < 1.29 is 9.53 Å². The highest BCUT2D eigenvalue weighted by molar-refractivity contribution is 7.78. The Hall–Kier alpha value is -1.13. The summed E-state index contributed by atoms with van der Waals surface area (Å²) in [6.45, 7) is 11.0. The lowest BCUT2D eigenvalue weighted by Gasteiger charge is -1.93. The van der Waals surface area contributed by atoms with Gasteiger partial charge in [-0.15, -0.1) is 0 Å². The van der Waals surface area contributed by atoms with Crippen LogP contribution in [0.5, 0.6) is 0 Å². The summed E-state index contributed by atoms with van der Waals surface area (Å²) in [5.74, 6) is 0.241. The standard InChI is InChI=1S/C5H7NO2S.C5H9NS.C4H7NS/c1-2-8-5(7)3-6-4-9;1-5(2)3-6-4-7;1-4(2)5-3-6/h2-3H2,1H3;5H,3H2,1-2H3;4H,1-2H3. The van der Waals surface area contributed by atoms with Gasteiger partial charge in [0.1, 0.15) is 6.54 Å². The van der Waals surface area contributed by atoms with E-state index in [1.165, 1.54) is 0 Å². The van der Waals surface area contributed by atoms with Crippen LogP contribution in [0.25, 0.3) is 0 Å². The molecule has 8 heteroatoms. The number of nitrogens with zero attached hydrogens (tertiary/aromatic N) is 3. The van der Waals surface area contributed by atoms with Crippen LogP contribution in [0, 0.1) is 5.92 Å². The van der Waals surface area contributed by atoms with Crippen LogP contribution in [0.3, 0.4) is 0 Å². The monoisotopic (exact) mass is 361 g/mol. The van der Waals surface area contributed by atoms with Crippen LogP contribution in [-0.2, 0) is 9.53 Å². The molecule has 0 heterocycles. The van der Waals surface area contributed by atoms with Gasteiger partial charge < -0.3 is 4.74 Å². The minimum Gasteiger partial charge on any atom is -0.465 e. The Bertz CT molecular complexity index is 421. The number of isothiocyanates is 3. The summed E-state index contributed by atoms with van der Waals surface area (Å²) in [5.41, 5.74) is 0. The number of hydrogen-bond acceptors (Lipinski definition) is 8. The van der Waals surface area contributed by atoms with Gasteiger partial charge in [-0.1, -0.05) is 13.8 Å². The second-order valence-electron chi connectivity index (χ2n) is 4.35. The molecule has 0 amide bonds. The van der Waals surface area contributed by atoms with E-state index in [-0.39, 0.29) is 12.5 Å². The number of rotatable bonds is 6. The van der Waals surface area contributed by atoms with Crippen LogP contribution in [0.4, 0.5) is 0 Å². The first-order valence-corrected chi connectivity index (χ1v) is 7.87. The molecule has 0 saturated heterocycles. The van der Waals surface area contributed by atoms with Crippen molar-refractivity contribution in [2.75, 3.05) is 19.7 Å². The van der Waals surface area contributed by atoms with Gasteiger partial charge in [0.2, 0.25) is 0 Å². The summed E-state index contributed by atoms with van der Waals surface area (Å²) < 4.78 is 4.52. The van der Waals surface area contributed by atoms with Crippen molar-refractivity contribution >= 4 is 58.1 Å². The van der Waals surface area contributed by atoms with Crippen LogP contribution in [0.2, 0.25) is 0 Å². The third-order valence-corrected chi connectivity index (χ3v) is 1.77. The maximum atomic E-state index is 10.4. The van der Waals surface area contributed by atoms with E-state index in [2.05, 4.69) is 85.7 Å². The number of thiocarbonyl (C=S) groups is 3. The molecule has 0 aromatic heterocycles. The van der Waals surface area contributed by atoms with Crippen LogP contribution in [0.1, 0.15) is 34.6 Å². The molecule has 0 bridgehead atoms.